The normalized spacial score (nSPS) is 15.3. The van der Waals surface area contributed by atoms with Crippen LogP contribution in [0.3, 0.4) is 0 Å². The summed E-state index contributed by atoms with van der Waals surface area (Å²) in [7, 11) is 3.51. The number of aliphatic hydroxyl groups excluding tert-OH is 1. The number of aliphatic imine (C=N–C) groups is 2. The number of para-hydroxylation sites is 2. The van der Waals surface area contributed by atoms with Gasteiger partial charge in [0.25, 0.3) is 11.8 Å². The number of anilines is 4. The highest BCUT2D eigenvalue weighted by atomic mass is 28.4. The summed E-state index contributed by atoms with van der Waals surface area (Å²) in [6.45, 7) is 17.5. The average molecular weight is 1560 g/mol. The first-order chi connectivity index (χ1) is 52.9. The molecule has 6 aromatic rings. The predicted molar refractivity (Wildman–Crippen MR) is 431 cm³/mol. The monoisotopic (exact) mass is 1550 g/mol. The maximum absolute atomic E-state index is 13.9. The fraction of sp³-hybridized carbons (Fsp3) is 0.435. The van der Waals surface area contributed by atoms with Gasteiger partial charge in [0.15, 0.2) is 42.9 Å². The fourth-order valence-electron chi connectivity index (χ4n) is 13.0. The smallest absolute Gasteiger partial charge is 0.305 e. The van der Waals surface area contributed by atoms with Crippen LogP contribution >= 0.6 is 0 Å². The highest BCUT2D eigenvalue weighted by Gasteiger charge is 2.40. The summed E-state index contributed by atoms with van der Waals surface area (Å²) < 4.78 is 39.6. The Morgan fingerprint density at radius 3 is 1.30 bits per heavy atom. The van der Waals surface area contributed by atoms with E-state index in [2.05, 4.69) is 69.6 Å². The number of Topliss-reactive ketones (excluding diaryl/α,β-unsaturated/α-hetero) is 2. The van der Waals surface area contributed by atoms with Gasteiger partial charge in [-0.2, -0.15) is 0 Å². The van der Waals surface area contributed by atoms with Crippen LogP contribution in [0.25, 0.3) is 0 Å². The van der Waals surface area contributed by atoms with E-state index in [0.29, 0.717) is 113 Å². The highest BCUT2D eigenvalue weighted by molar-refractivity contribution is 6.74. The van der Waals surface area contributed by atoms with Crippen LogP contribution in [0, 0.1) is 11.8 Å². The van der Waals surface area contributed by atoms with Crippen LogP contribution in [-0.2, 0) is 91.5 Å². The Bertz CT molecular complexity index is 4530. The fourth-order valence-corrected chi connectivity index (χ4v) is 13.9. The Hall–Kier alpha value is -10.9. The van der Waals surface area contributed by atoms with E-state index in [9.17, 15) is 53.1 Å². The van der Waals surface area contributed by atoms with Crippen molar-refractivity contribution in [2.24, 2.45) is 21.8 Å². The van der Waals surface area contributed by atoms with Crippen LogP contribution < -0.4 is 50.0 Å². The molecule has 112 heavy (non-hydrogen) atoms. The van der Waals surface area contributed by atoms with Crippen molar-refractivity contribution in [3.63, 3.8) is 0 Å². The molecule has 4 heterocycles. The van der Waals surface area contributed by atoms with Gasteiger partial charge in [-0.25, -0.2) is 0 Å². The summed E-state index contributed by atoms with van der Waals surface area (Å²) in [5.41, 5.74) is 9.36. The number of methoxy groups -OCH3 is 4. The van der Waals surface area contributed by atoms with Gasteiger partial charge in [0.2, 0.25) is 23.6 Å². The molecule has 4 aliphatic rings. The molecule has 4 aliphatic heterocycles. The van der Waals surface area contributed by atoms with Crippen LogP contribution in [0.15, 0.2) is 119 Å². The number of hydrogen-bond acceptors (Lipinski definition) is 20. The van der Waals surface area contributed by atoms with Crippen molar-refractivity contribution in [1.29, 1.82) is 0 Å². The standard InChI is InChI=1S/C45H58N4O9Si.C39H44N4O9.CH4/c1-28(18-38(50)29(2)47-41(51)16-12-13-17-42(52)56-7)43(53)48-33-20-30(19-31(21-33)27-58-59(8,9)45(3,4)5)26-57-40-24-36-35(23-39(40)55-6)44(54)49-34(25-46-36)22-32-14-10-11-15-37(32)49;1-23(13-33(45)24(2)41-36(46)11-7-8-12-37(47)51-4)38(48)42-28-15-25(21-44)14-26(16-28)22-52-35-19-31-30(18-34(35)50-3)39(49)43-29(20-40-31)17-27-9-5-6-10-32(27)43;/h10-11,14-15,19-21,23-25,28-29,34H,12-13,16-18,22,26-27H2,1-9H3,(H,47,51)(H,48,53);5-6,9-10,14-16,18-20,23-24,29,44H,7-8,11-13,17,21-22H2,1-4H3,(H,41,46)(H,42,48);1H4/t28-,29+,34+;23-,24+,29+;/m11./s1. The molecule has 0 spiro atoms. The Morgan fingerprint density at radius 2 is 0.911 bits per heavy atom. The lowest BCUT2D eigenvalue weighted by atomic mass is 9.99. The molecule has 27 heteroatoms. The molecule has 0 aromatic heterocycles. The maximum atomic E-state index is 13.9. The largest absolute Gasteiger partial charge is 0.493 e. The third-order valence-corrected chi connectivity index (χ3v) is 24.9. The lowest BCUT2D eigenvalue weighted by Gasteiger charge is -2.36. The van der Waals surface area contributed by atoms with Gasteiger partial charge in [-0.1, -0.05) is 78.4 Å². The summed E-state index contributed by atoms with van der Waals surface area (Å²) in [4.78, 5) is 140. The Kier molecular flexibility index (Phi) is 30.4. The molecule has 0 bridgehead atoms. The quantitative estimate of drug-likeness (QED) is 0.0142. The van der Waals surface area contributed by atoms with Crippen LogP contribution in [0.1, 0.15) is 174 Å². The number of amides is 6. The van der Waals surface area contributed by atoms with Crippen LogP contribution in [0.4, 0.5) is 34.1 Å². The van der Waals surface area contributed by atoms with Crippen molar-refractivity contribution in [2.75, 3.05) is 48.9 Å². The first kappa shape index (κ1) is 86.7. The molecular weight excluding hydrogens is 1450 g/mol. The molecule has 6 atom stereocenters. The average Bonchev–Trinajstić information content (AvgIpc) is 1.46. The molecule has 0 radical (unpaired) electrons. The van der Waals surface area contributed by atoms with E-state index >= 15 is 0 Å². The van der Waals surface area contributed by atoms with Gasteiger partial charge < -0.3 is 59.2 Å². The van der Waals surface area contributed by atoms with Gasteiger partial charge >= 0.3 is 11.9 Å². The minimum absolute atomic E-state index is 0. The third-order valence-electron chi connectivity index (χ3n) is 20.4. The second-order valence-corrected chi connectivity index (χ2v) is 34.7. The molecule has 10 rings (SSSR count). The van der Waals surface area contributed by atoms with Gasteiger partial charge in [0, 0.05) is 111 Å². The Labute approximate surface area is 656 Å². The number of fused-ring (bicyclic) bond motifs is 8. The Morgan fingerprint density at radius 1 is 0.527 bits per heavy atom. The first-order valence-electron chi connectivity index (χ1n) is 37.4. The molecule has 0 aliphatic carbocycles. The molecule has 0 saturated heterocycles. The second-order valence-electron chi connectivity index (χ2n) is 29.9. The van der Waals surface area contributed by atoms with Gasteiger partial charge in [0.1, 0.15) is 13.2 Å². The highest BCUT2D eigenvalue weighted by Crippen LogP contribution is 2.44. The van der Waals surface area contributed by atoms with Crippen molar-refractivity contribution < 1.29 is 85.9 Å². The number of rotatable bonds is 34. The summed E-state index contributed by atoms with van der Waals surface area (Å²) in [5, 5.41) is 21.1. The van der Waals surface area contributed by atoms with Crippen molar-refractivity contribution in [3.8, 4) is 23.0 Å². The van der Waals surface area contributed by atoms with Gasteiger partial charge in [0.05, 0.1) is 88.3 Å². The maximum Gasteiger partial charge on any atom is 0.305 e. The summed E-state index contributed by atoms with van der Waals surface area (Å²) in [6.07, 6.45) is 7.53. The number of ketones is 2. The molecule has 0 unspecified atom stereocenters. The lowest BCUT2D eigenvalue weighted by molar-refractivity contribution is -0.141. The van der Waals surface area contributed by atoms with E-state index in [1.54, 1.807) is 86.2 Å². The number of esters is 2. The minimum Gasteiger partial charge on any atom is -0.493 e. The van der Waals surface area contributed by atoms with E-state index in [1.165, 1.54) is 28.4 Å². The zero-order chi connectivity index (χ0) is 80.4. The van der Waals surface area contributed by atoms with Crippen molar-refractivity contribution >= 4 is 114 Å². The van der Waals surface area contributed by atoms with Crippen molar-refractivity contribution in [1.82, 2.24) is 10.6 Å². The molecule has 0 saturated carbocycles. The molecule has 26 nitrogen and oxygen atoms in total. The Balaban J connectivity index is 0.000000281. The number of carbonyl (C=O) groups excluding carboxylic acids is 10. The van der Waals surface area contributed by atoms with Crippen LogP contribution in [-0.4, -0.2) is 137 Å². The van der Waals surface area contributed by atoms with E-state index < -0.39 is 38.1 Å². The van der Waals surface area contributed by atoms with Crippen molar-refractivity contribution in [3.05, 3.63) is 154 Å². The number of nitrogens with zero attached hydrogens (tertiary/aromatic N) is 4. The molecule has 0 fully saturated rings. The van der Waals surface area contributed by atoms with E-state index in [1.807, 2.05) is 72.9 Å². The number of hydrogen-bond donors (Lipinski definition) is 5. The summed E-state index contributed by atoms with van der Waals surface area (Å²) in [5.74, 6) is -2.85. The van der Waals surface area contributed by atoms with Crippen LogP contribution in [0.2, 0.25) is 18.1 Å². The number of carbonyl (C=O) groups is 10. The molecule has 6 aromatic carbocycles. The summed E-state index contributed by atoms with van der Waals surface area (Å²) in [6, 6.07) is 31.1. The van der Waals surface area contributed by atoms with Crippen molar-refractivity contribution in [2.45, 2.75) is 202 Å². The number of aliphatic hydroxyl groups is 1. The topological polar surface area (TPSA) is 335 Å². The van der Waals surface area contributed by atoms with E-state index in [-0.39, 0.29) is 136 Å². The molecule has 5 N–H and O–H groups in total. The third kappa shape index (κ3) is 22.5. The van der Waals surface area contributed by atoms with Gasteiger partial charge in [-0.05, 0) is 152 Å². The minimum atomic E-state index is -2.13. The molecular formula is C85H106N8O18Si. The first-order valence-corrected chi connectivity index (χ1v) is 40.3. The summed E-state index contributed by atoms with van der Waals surface area (Å²) >= 11 is 0. The SMILES string of the molecule is C.COC(=O)CCCCC(=O)N[C@@H](C)C(=O)C[C@@H](C)C(=O)Nc1cc(CO)cc(COc2cc3c(cc2OC)C(=O)N2c4ccccc4C[C@H]2C=N3)c1.COC(=O)CCCCC(=O)N[C@@H](C)C(=O)C[C@@H](C)C(=O)Nc1cc(COc2cc3c(cc2OC)C(=O)N2c4ccccc4C[C@H]2C=N3)cc(CO[Si](C)(C)C(C)(C)C)c1. The second kappa shape index (κ2) is 39.3. The predicted octanol–water partition coefficient (Wildman–Crippen LogP) is 13.3. The number of nitrogens with one attached hydrogen (secondary N) is 4. The lowest BCUT2D eigenvalue weighted by Crippen LogP contribution is -2.40. The number of ether oxygens (including phenoxy) is 6. The van der Waals surface area contributed by atoms with Gasteiger partial charge in [-0.3, -0.25) is 67.7 Å². The number of benzene rings is 6. The van der Waals surface area contributed by atoms with E-state index in [4.69, 9.17) is 28.4 Å². The zero-order valence-electron chi connectivity index (χ0n) is 65.5. The van der Waals surface area contributed by atoms with E-state index in [0.717, 1.165) is 33.6 Å². The van der Waals surface area contributed by atoms with Crippen LogP contribution in [0.5, 0.6) is 23.0 Å². The zero-order valence-corrected chi connectivity index (χ0v) is 66.5. The molecule has 6 amide bonds. The van der Waals surface area contributed by atoms with Gasteiger partial charge in [-0.15, -0.1) is 0 Å². The molecule has 598 valence electrons. The number of unbranched alkanes of at least 4 members (excludes halogenated alkanes) is 2.